The number of carbonyl (C=O) groups excluding carboxylic acids is 1. The molecule has 6 heteroatoms. The summed E-state index contributed by atoms with van der Waals surface area (Å²) >= 11 is 0. The minimum absolute atomic E-state index is 0.145. The van der Waals surface area contributed by atoms with Crippen molar-refractivity contribution in [2.45, 2.75) is 12.7 Å². The maximum Gasteiger partial charge on any atom is 0.416 e. The number of alkyl halides is 3. The van der Waals surface area contributed by atoms with Gasteiger partial charge in [-0.1, -0.05) is 6.07 Å². The normalized spacial score (nSPS) is 10.9. The molecule has 1 rings (SSSR count). The lowest BCUT2D eigenvalue weighted by atomic mass is 10.1. The first-order chi connectivity index (χ1) is 6.95. The number of aromatic hydroxyl groups is 1. The van der Waals surface area contributed by atoms with Gasteiger partial charge in [0, 0.05) is 5.56 Å². The highest BCUT2D eigenvalue weighted by Gasteiger charge is 2.30. The number of nitrogens with zero attached hydrogens (tertiary/aromatic N) is 1. The van der Waals surface area contributed by atoms with E-state index in [0.717, 1.165) is 12.1 Å². The number of phenolic OH excluding ortho intramolecular Hbond substituents is 1. The van der Waals surface area contributed by atoms with Crippen LogP contribution in [0.2, 0.25) is 0 Å². The molecule has 0 amide bonds. The summed E-state index contributed by atoms with van der Waals surface area (Å²) in [6.07, 6.45) is -3.27. The van der Waals surface area contributed by atoms with Crippen LogP contribution >= 0.6 is 0 Å². The quantitative estimate of drug-likeness (QED) is 0.610. The highest BCUT2D eigenvalue weighted by atomic mass is 19.4. The summed E-state index contributed by atoms with van der Waals surface area (Å²) in [6.45, 7) is -0.187. The van der Waals surface area contributed by atoms with Crippen LogP contribution in [0.15, 0.2) is 23.2 Å². The van der Waals surface area contributed by atoms with Crippen LogP contribution in [-0.4, -0.2) is 11.2 Å². The topological polar surface area (TPSA) is 49.7 Å². The largest absolute Gasteiger partial charge is 0.508 e. The molecule has 3 nitrogen and oxygen atoms in total. The minimum Gasteiger partial charge on any atom is -0.508 e. The minimum atomic E-state index is -4.50. The molecule has 0 aliphatic rings. The molecule has 0 atom stereocenters. The number of phenols is 1. The molecule has 1 N–H and O–H groups in total. The number of halogens is 3. The van der Waals surface area contributed by atoms with Crippen molar-refractivity contribution in [3.05, 3.63) is 29.3 Å². The molecule has 0 bridgehead atoms. The molecule has 1 aromatic rings. The van der Waals surface area contributed by atoms with Crippen molar-refractivity contribution < 1.29 is 23.1 Å². The summed E-state index contributed by atoms with van der Waals surface area (Å²) in [4.78, 5) is 12.9. The van der Waals surface area contributed by atoms with E-state index in [1.165, 1.54) is 6.08 Å². The highest BCUT2D eigenvalue weighted by molar-refractivity contribution is 5.39. The fourth-order valence-corrected chi connectivity index (χ4v) is 0.991. The molecular formula is C9H6F3NO2. The number of hydrogen-bond acceptors (Lipinski definition) is 3. The third kappa shape index (κ3) is 2.82. The van der Waals surface area contributed by atoms with E-state index in [2.05, 4.69) is 4.99 Å². The average Bonchev–Trinajstić information content (AvgIpc) is 2.14. The Bertz CT molecular complexity index is 408. The molecule has 0 heterocycles. The molecule has 0 spiro atoms. The van der Waals surface area contributed by atoms with Gasteiger partial charge >= 0.3 is 6.18 Å². The summed E-state index contributed by atoms with van der Waals surface area (Å²) in [5, 5.41) is 9.19. The van der Waals surface area contributed by atoms with Gasteiger partial charge in [-0.2, -0.15) is 13.2 Å². The van der Waals surface area contributed by atoms with Crippen LogP contribution in [0.25, 0.3) is 0 Å². The lowest BCUT2D eigenvalue weighted by Gasteiger charge is -2.08. The summed E-state index contributed by atoms with van der Waals surface area (Å²) in [6, 6.07) is 2.48. The Hall–Kier alpha value is -1.81. The van der Waals surface area contributed by atoms with Gasteiger partial charge in [0.05, 0.1) is 12.1 Å². The van der Waals surface area contributed by atoms with Gasteiger partial charge in [0.15, 0.2) is 0 Å². The van der Waals surface area contributed by atoms with E-state index in [0.29, 0.717) is 6.07 Å². The molecule has 0 aliphatic heterocycles. The molecule has 0 aromatic heterocycles. The van der Waals surface area contributed by atoms with Crippen LogP contribution in [-0.2, 0) is 17.5 Å². The Morgan fingerprint density at radius 3 is 2.53 bits per heavy atom. The van der Waals surface area contributed by atoms with E-state index in [9.17, 15) is 23.1 Å². The fraction of sp³-hybridized carbons (Fsp3) is 0.222. The SMILES string of the molecule is O=C=NCc1ccc(C(F)(F)F)cc1O. The molecule has 0 unspecified atom stereocenters. The molecule has 0 fully saturated rings. The van der Waals surface area contributed by atoms with E-state index in [4.69, 9.17) is 0 Å². The van der Waals surface area contributed by atoms with Gasteiger partial charge in [-0.05, 0) is 12.1 Å². The fourth-order valence-electron chi connectivity index (χ4n) is 0.991. The van der Waals surface area contributed by atoms with Gasteiger partial charge in [-0.3, -0.25) is 0 Å². The molecular weight excluding hydrogens is 211 g/mol. The molecule has 15 heavy (non-hydrogen) atoms. The van der Waals surface area contributed by atoms with Crippen LogP contribution in [0.3, 0.4) is 0 Å². The van der Waals surface area contributed by atoms with Crippen molar-refractivity contribution in [3.63, 3.8) is 0 Å². The van der Waals surface area contributed by atoms with E-state index in [1.54, 1.807) is 0 Å². The first kappa shape index (κ1) is 11.3. The number of aliphatic imine (C=N–C) groups is 1. The van der Waals surface area contributed by atoms with Crippen LogP contribution < -0.4 is 0 Å². The first-order valence-corrected chi connectivity index (χ1v) is 3.88. The number of benzene rings is 1. The number of isocyanates is 1. The van der Waals surface area contributed by atoms with E-state index < -0.39 is 17.5 Å². The van der Waals surface area contributed by atoms with Gasteiger partial charge in [-0.15, -0.1) is 0 Å². The van der Waals surface area contributed by atoms with Crippen molar-refractivity contribution in [1.82, 2.24) is 0 Å². The Kier molecular flexibility index (Phi) is 3.11. The number of hydrogen-bond donors (Lipinski definition) is 1. The lowest BCUT2D eigenvalue weighted by Crippen LogP contribution is -2.04. The van der Waals surface area contributed by atoms with Gasteiger partial charge in [0.2, 0.25) is 6.08 Å². The molecule has 0 radical (unpaired) electrons. The zero-order chi connectivity index (χ0) is 11.5. The van der Waals surface area contributed by atoms with Crippen molar-refractivity contribution >= 4 is 6.08 Å². The zero-order valence-corrected chi connectivity index (χ0v) is 7.38. The van der Waals surface area contributed by atoms with Gasteiger partial charge in [-0.25, -0.2) is 9.79 Å². The molecule has 1 aromatic carbocycles. The lowest BCUT2D eigenvalue weighted by molar-refractivity contribution is -0.137. The van der Waals surface area contributed by atoms with Gasteiger partial charge < -0.3 is 5.11 Å². The summed E-state index contributed by atoms with van der Waals surface area (Å²) in [5.74, 6) is -0.538. The Balaban J connectivity index is 3.03. The van der Waals surface area contributed by atoms with Gasteiger partial charge in [0.25, 0.3) is 0 Å². The van der Waals surface area contributed by atoms with Crippen molar-refractivity contribution in [3.8, 4) is 5.75 Å². The van der Waals surface area contributed by atoms with Gasteiger partial charge in [0.1, 0.15) is 5.75 Å². The summed E-state index contributed by atoms with van der Waals surface area (Å²) < 4.78 is 36.5. The van der Waals surface area contributed by atoms with Crippen LogP contribution in [0, 0.1) is 0 Å². The van der Waals surface area contributed by atoms with Crippen molar-refractivity contribution in [2.75, 3.05) is 0 Å². The predicted octanol–water partition coefficient (Wildman–Crippen LogP) is 2.25. The Morgan fingerprint density at radius 1 is 1.40 bits per heavy atom. The second-order valence-corrected chi connectivity index (χ2v) is 2.75. The molecule has 80 valence electrons. The highest BCUT2D eigenvalue weighted by Crippen LogP contribution is 2.32. The van der Waals surface area contributed by atoms with E-state index in [-0.39, 0.29) is 12.1 Å². The van der Waals surface area contributed by atoms with Crippen LogP contribution in [0.4, 0.5) is 13.2 Å². The second-order valence-electron chi connectivity index (χ2n) is 2.75. The summed E-state index contributed by atoms with van der Waals surface area (Å²) in [5.41, 5.74) is -0.801. The van der Waals surface area contributed by atoms with Crippen molar-refractivity contribution in [2.24, 2.45) is 4.99 Å². The van der Waals surface area contributed by atoms with E-state index >= 15 is 0 Å². The maximum atomic E-state index is 12.2. The molecule has 0 saturated carbocycles. The average molecular weight is 217 g/mol. The smallest absolute Gasteiger partial charge is 0.416 e. The third-order valence-corrected chi connectivity index (χ3v) is 1.73. The molecule has 0 aliphatic carbocycles. The standard InChI is InChI=1S/C9H6F3NO2/c10-9(11,12)7-2-1-6(4-13-5-14)8(15)3-7/h1-3,15H,4H2. The van der Waals surface area contributed by atoms with Crippen molar-refractivity contribution in [1.29, 1.82) is 0 Å². The zero-order valence-electron chi connectivity index (χ0n) is 7.38. The number of rotatable bonds is 2. The maximum absolute atomic E-state index is 12.2. The molecule has 0 saturated heterocycles. The Morgan fingerprint density at radius 2 is 2.07 bits per heavy atom. The first-order valence-electron chi connectivity index (χ1n) is 3.88. The summed E-state index contributed by atoms with van der Waals surface area (Å²) in [7, 11) is 0. The monoisotopic (exact) mass is 217 g/mol. The third-order valence-electron chi connectivity index (χ3n) is 1.73. The van der Waals surface area contributed by atoms with Crippen LogP contribution in [0.1, 0.15) is 11.1 Å². The van der Waals surface area contributed by atoms with E-state index in [1.807, 2.05) is 0 Å². The predicted molar refractivity (Wildman–Crippen MR) is 44.9 cm³/mol. The second kappa shape index (κ2) is 4.14. The Labute approximate surface area is 82.9 Å². The van der Waals surface area contributed by atoms with Crippen LogP contribution in [0.5, 0.6) is 5.75 Å².